The normalized spacial score (nSPS) is 30.5. The predicted octanol–water partition coefficient (Wildman–Crippen LogP) is 4.53. The fraction of sp³-hybridized carbons (Fsp3) is 0.449. The summed E-state index contributed by atoms with van der Waals surface area (Å²) in [6, 6.07) is 22.6. The molecule has 3 fully saturated rings. The highest BCUT2D eigenvalue weighted by molar-refractivity contribution is 6.26. The number of hydrogen-bond donors (Lipinski definition) is 3. The Morgan fingerprint density at radius 3 is 1.98 bits per heavy atom. The number of carbonyl (C=O) groups is 7. The minimum absolute atomic E-state index is 0.0401. The van der Waals surface area contributed by atoms with Gasteiger partial charge in [0.15, 0.2) is 17.5 Å². The Morgan fingerprint density at radius 1 is 0.848 bits per heavy atom. The molecule has 17 heteroatoms. The molecule has 350 valence electrons. The first-order valence-electron chi connectivity index (χ1n) is 21.5. The first kappa shape index (κ1) is 48.0. The van der Waals surface area contributed by atoms with Crippen molar-refractivity contribution in [3.8, 4) is 0 Å². The number of ether oxygens (including phenoxy) is 6. The molecule has 16 nitrogen and oxygen atoms in total. The van der Waals surface area contributed by atoms with E-state index in [1.165, 1.54) is 26.0 Å². The van der Waals surface area contributed by atoms with E-state index >= 15 is 4.79 Å². The average Bonchev–Trinajstić information content (AvgIpc) is 3.28. The Bertz CT molecular complexity index is 2430. The quantitative estimate of drug-likeness (QED) is 0.0982. The number of amides is 1. The minimum atomic E-state index is -2.45. The van der Waals surface area contributed by atoms with Crippen LogP contribution >= 0.6 is 11.6 Å². The Labute approximate surface area is 385 Å². The number of benzene rings is 3. The molecule has 66 heavy (non-hydrogen) atoms. The number of alkyl halides is 1. The molecule has 1 saturated heterocycles. The minimum Gasteiger partial charge on any atom is -0.455 e. The third kappa shape index (κ3) is 8.28. The van der Waals surface area contributed by atoms with Crippen molar-refractivity contribution in [1.29, 1.82) is 0 Å². The number of ketones is 1. The van der Waals surface area contributed by atoms with Crippen LogP contribution < -0.4 is 5.32 Å². The van der Waals surface area contributed by atoms with Gasteiger partial charge in [-0.2, -0.15) is 0 Å². The maximum Gasteiger partial charge on any atom is 0.350 e. The third-order valence-corrected chi connectivity index (χ3v) is 14.0. The predicted molar refractivity (Wildman–Crippen MR) is 232 cm³/mol. The molecule has 4 aliphatic rings. The molecule has 11 atom stereocenters. The van der Waals surface area contributed by atoms with Gasteiger partial charge in [0.05, 0.1) is 29.6 Å². The fourth-order valence-electron chi connectivity index (χ4n) is 10.5. The first-order chi connectivity index (χ1) is 31.2. The van der Waals surface area contributed by atoms with E-state index in [9.17, 15) is 39.0 Å². The van der Waals surface area contributed by atoms with E-state index in [2.05, 4.69) is 5.32 Å². The van der Waals surface area contributed by atoms with E-state index in [-0.39, 0.29) is 35.3 Å². The molecule has 1 heterocycles. The number of esters is 5. The Kier molecular flexibility index (Phi) is 13.4. The molecule has 1 amide bonds. The van der Waals surface area contributed by atoms with Crippen LogP contribution in [-0.2, 0) is 52.4 Å². The summed E-state index contributed by atoms with van der Waals surface area (Å²) in [6.07, 6.45) is -10.7. The van der Waals surface area contributed by atoms with Crippen LogP contribution in [0.3, 0.4) is 0 Å². The molecule has 0 spiro atoms. The van der Waals surface area contributed by atoms with Gasteiger partial charge >= 0.3 is 29.8 Å². The molecule has 0 aromatic heterocycles. The molecule has 1 aliphatic heterocycles. The van der Waals surface area contributed by atoms with E-state index in [1.54, 1.807) is 92.7 Å². The van der Waals surface area contributed by atoms with Gasteiger partial charge in [-0.15, -0.1) is 11.6 Å². The molecule has 3 aromatic rings. The maximum absolute atomic E-state index is 15.6. The van der Waals surface area contributed by atoms with E-state index < -0.39 is 124 Å². The van der Waals surface area contributed by atoms with Crippen LogP contribution in [0.5, 0.6) is 0 Å². The summed E-state index contributed by atoms with van der Waals surface area (Å²) < 4.78 is 36.2. The van der Waals surface area contributed by atoms with Gasteiger partial charge in [0, 0.05) is 37.7 Å². The van der Waals surface area contributed by atoms with Crippen molar-refractivity contribution in [3.05, 3.63) is 119 Å². The highest BCUT2D eigenvalue weighted by Gasteiger charge is 2.78. The number of aliphatic hydroxyl groups excluding tert-OH is 1. The number of aliphatic hydroxyl groups is 2. The van der Waals surface area contributed by atoms with Crippen LogP contribution in [-0.4, -0.2) is 112 Å². The molecule has 3 aliphatic carbocycles. The van der Waals surface area contributed by atoms with Crippen molar-refractivity contribution < 1.29 is 72.2 Å². The lowest BCUT2D eigenvalue weighted by atomic mass is 9.44. The molecular weight excluding hydrogens is 878 g/mol. The Hall–Kier alpha value is -5.94. The van der Waals surface area contributed by atoms with E-state index in [0.717, 1.165) is 13.8 Å². The van der Waals surface area contributed by atoms with E-state index in [1.807, 2.05) is 0 Å². The summed E-state index contributed by atoms with van der Waals surface area (Å²) in [5.74, 6) is -8.76. The lowest BCUT2D eigenvalue weighted by Gasteiger charge is -2.67. The zero-order valence-electron chi connectivity index (χ0n) is 37.2. The first-order valence-corrected chi connectivity index (χ1v) is 22.0. The summed E-state index contributed by atoms with van der Waals surface area (Å²) in [6.45, 7) is 7.85. The van der Waals surface area contributed by atoms with Crippen molar-refractivity contribution in [3.63, 3.8) is 0 Å². The van der Waals surface area contributed by atoms with Gasteiger partial charge in [-0.3, -0.25) is 24.0 Å². The molecule has 3 aromatic carbocycles. The van der Waals surface area contributed by atoms with E-state index in [0.29, 0.717) is 5.56 Å². The van der Waals surface area contributed by atoms with Crippen LogP contribution in [0.4, 0.5) is 0 Å². The van der Waals surface area contributed by atoms with Crippen LogP contribution in [0.25, 0.3) is 0 Å². The highest BCUT2D eigenvalue weighted by atomic mass is 35.5. The van der Waals surface area contributed by atoms with Crippen molar-refractivity contribution in [2.45, 2.75) is 108 Å². The van der Waals surface area contributed by atoms with Gasteiger partial charge in [0.25, 0.3) is 5.91 Å². The number of halogens is 1. The van der Waals surface area contributed by atoms with Gasteiger partial charge in [0.2, 0.25) is 6.10 Å². The van der Waals surface area contributed by atoms with Crippen molar-refractivity contribution in [1.82, 2.24) is 5.32 Å². The van der Waals surface area contributed by atoms with Crippen molar-refractivity contribution in [2.75, 3.05) is 12.5 Å². The summed E-state index contributed by atoms with van der Waals surface area (Å²) in [5.41, 5.74) is -7.38. The van der Waals surface area contributed by atoms with Gasteiger partial charge < -0.3 is 44.0 Å². The van der Waals surface area contributed by atoms with Crippen LogP contribution in [0.2, 0.25) is 0 Å². The topological polar surface area (TPSA) is 227 Å². The molecule has 2 saturated carbocycles. The molecule has 0 radical (unpaired) electrons. The molecule has 2 bridgehead atoms. The standard InChI is InChI=1S/C49H52ClNO15/c1-26-32(63-45(59)39(64-35(55)24-50)37(29-16-10-7-11-17-29)51-43(57)30-18-12-8-13-19-30)23-49(60)42(65-44(58)31-20-14-9-15-21-31)40-47(6,33(54)22-34-48(40,25-61-34)66-28(3)53)41(56)38(62-27(2)52)36(26)46(49,4)5/h7-21,32-34,37-40,42,54,60H,22-25H2,1-6H3,(H,51,57)/t32-,33-,34?,37-,38+,39+,40?,42-,47+,48-,49+/m0/s1. The number of hydrogen-bond acceptors (Lipinski definition) is 15. The second kappa shape index (κ2) is 18.4. The molecule has 3 N–H and O–H groups in total. The van der Waals surface area contributed by atoms with Crippen LogP contribution in [0.1, 0.15) is 86.7 Å². The van der Waals surface area contributed by atoms with Crippen LogP contribution in [0, 0.1) is 16.7 Å². The Morgan fingerprint density at radius 2 is 1.44 bits per heavy atom. The third-order valence-electron chi connectivity index (χ3n) is 13.8. The van der Waals surface area contributed by atoms with Crippen molar-refractivity contribution in [2.24, 2.45) is 16.7 Å². The summed E-state index contributed by atoms with van der Waals surface area (Å²) in [7, 11) is 0. The largest absolute Gasteiger partial charge is 0.455 e. The average molecular weight is 930 g/mol. The maximum atomic E-state index is 15.6. The SMILES string of the molecule is CC(=O)O[C@H]1C(=O)[C@@]2(C)C([C@H](OC(=O)c3ccccc3)[C@]3(O)C[C@H](OC(=O)[C@H](OC(=O)CCl)[C@@H](NC(=O)c4ccccc4)c4ccccc4)C(C)=C1C3(C)C)[C@]1(OC(C)=O)COC1C[C@@H]2O. The highest BCUT2D eigenvalue weighted by Crippen LogP contribution is 2.64. The summed E-state index contributed by atoms with van der Waals surface area (Å²) >= 11 is 5.91. The number of Topliss-reactive ketones (excluding diaryl/α,β-unsaturated/α-hetero) is 1. The second-order valence-corrected chi connectivity index (χ2v) is 18.2. The van der Waals surface area contributed by atoms with Gasteiger partial charge in [-0.05, 0) is 54.8 Å². The van der Waals surface area contributed by atoms with E-state index in [4.69, 9.17) is 40.0 Å². The Balaban J connectivity index is 1.42. The number of carbonyl (C=O) groups excluding carboxylic acids is 7. The zero-order valence-corrected chi connectivity index (χ0v) is 37.9. The van der Waals surface area contributed by atoms with Crippen LogP contribution in [0.15, 0.2) is 102 Å². The monoisotopic (exact) mass is 929 g/mol. The van der Waals surface area contributed by atoms with Gasteiger partial charge in [0.1, 0.15) is 35.8 Å². The van der Waals surface area contributed by atoms with Gasteiger partial charge in [-0.25, -0.2) is 9.59 Å². The van der Waals surface area contributed by atoms with Gasteiger partial charge in [-0.1, -0.05) is 80.6 Å². The molecular formula is C49H52ClNO15. The zero-order chi connectivity index (χ0) is 47.9. The summed E-state index contributed by atoms with van der Waals surface area (Å²) in [5, 5.41) is 28.7. The smallest absolute Gasteiger partial charge is 0.350 e. The number of fused-ring (bicyclic) bond motifs is 5. The lowest BCUT2D eigenvalue weighted by Crippen LogP contribution is -2.82. The second-order valence-electron chi connectivity index (χ2n) is 18.0. The molecule has 7 rings (SSSR count). The number of nitrogens with one attached hydrogen (secondary N) is 1. The molecule has 2 unspecified atom stereocenters. The fourth-order valence-corrected chi connectivity index (χ4v) is 10.5. The lowest BCUT2D eigenvalue weighted by molar-refractivity contribution is -0.346. The number of rotatable bonds is 12. The summed E-state index contributed by atoms with van der Waals surface area (Å²) in [4.78, 5) is 97.8. The van der Waals surface area contributed by atoms with Crippen molar-refractivity contribution >= 4 is 53.1 Å².